The maximum Gasteiger partial charge on any atom is 0.573 e. The topological polar surface area (TPSA) is 88.2 Å². The molecule has 204 valence electrons. The number of hydrogen-bond donors (Lipinski definition) is 2. The van der Waals surface area contributed by atoms with Crippen molar-refractivity contribution in [2.45, 2.75) is 64.5 Å². The normalized spacial score (nSPS) is 16.1. The van der Waals surface area contributed by atoms with E-state index in [1.807, 2.05) is 26.0 Å². The largest absolute Gasteiger partial charge is 0.573 e. The number of alkyl halides is 3. The molecule has 2 heterocycles. The Morgan fingerprint density at radius 3 is 2.26 bits per heavy atom. The van der Waals surface area contributed by atoms with Crippen LogP contribution in [0.25, 0.3) is 11.3 Å². The zero-order chi connectivity index (χ0) is 27.3. The van der Waals surface area contributed by atoms with Gasteiger partial charge in [0.2, 0.25) is 0 Å². The zero-order valence-electron chi connectivity index (χ0n) is 21.4. The highest BCUT2D eigenvalue weighted by Crippen LogP contribution is 2.45. The molecule has 0 atom stereocenters. The summed E-state index contributed by atoms with van der Waals surface area (Å²) in [5.74, 6) is 0.563. The monoisotopic (exact) mass is 532 g/mol. The Morgan fingerprint density at radius 2 is 1.66 bits per heavy atom. The predicted molar refractivity (Wildman–Crippen MR) is 138 cm³/mol. The Bertz CT molecular complexity index is 1170. The van der Waals surface area contributed by atoms with Crippen LogP contribution in [-0.2, 0) is 11.3 Å². The average molecular weight is 532 g/mol. The highest BCUT2D eigenvalue weighted by molar-refractivity contribution is 6.58. The van der Waals surface area contributed by atoms with Crippen LogP contribution in [0.3, 0.4) is 0 Å². The molecule has 38 heavy (non-hydrogen) atoms. The fraction of sp³-hybridized carbons (Fsp3) is 0.444. The number of para-hydroxylation sites is 1. The molecule has 0 unspecified atom stereocenters. The van der Waals surface area contributed by atoms with E-state index in [1.165, 1.54) is 12.1 Å². The summed E-state index contributed by atoms with van der Waals surface area (Å²) in [4.78, 5) is 2.21. The summed E-state index contributed by atoms with van der Waals surface area (Å²) >= 11 is 0. The van der Waals surface area contributed by atoms with Gasteiger partial charge in [-0.3, -0.25) is 0 Å². The number of rotatable bonds is 8. The van der Waals surface area contributed by atoms with E-state index in [4.69, 9.17) is 9.26 Å². The number of nitrogens with zero attached hydrogens (tertiary/aromatic N) is 2. The molecule has 3 aromatic rings. The molecule has 1 aliphatic heterocycles. The number of halogens is 3. The molecule has 11 heteroatoms. The Labute approximate surface area is 220 Å². The third kappa shape index (κ3) is 6.89. The summed E-state index contributed by atoms with van der Waals surface area (Å²) < 4.78 is 55.0. The molecular formula is C27H32BF3N2O5. The fourth-order valence-electron chi connectivity index (χ4n) is 4.55. The third-order valence-electron chi connectivity index (χ3n) is 6.60. The van der Waals surface area contributed by atoms with Crippen molar-refractivity contribution in [1.29, 1.82) is 0 Å². The Hall–Kier alpha value is -3.02. The fourth-order valence-corrected chi connectivity index (χ4v) is 4.55. The smallest absolute Gasteiger partial charge is 0.423 e. The maximum atomic E-state index is 13.0. The van der Waals surface area contributed by atoms with Gasteiger partial charge in [0.15, 0.2) is 0 Å². The highest BCUT2D eigenvalue weighted by Gasteiger charge is 2.36. The first-order valence-electron chi connectivity index (χ1n) is 12.9. The summed E-state index contributed by atoms with van der Waals surface area (Å²) in [6.45, 7) is 5.72. The van der Waals surface area contributed by atoms with Crippen LogP contribution in [0.15, 0.2) is 53.1 Å². The van der Waals surface area contributed by atoms with Crippen LogP contribution in [0.1, 0.15) is 56.8 Å². The van der Waals surface area contributed by atoms with E-state index in [1.54, 1.807) is 24.3 Å². The number of anilines is 1. The van der Waals surface area contributed by atoms with Crippen molar-refractivity contribution in [1.82, 2.24) is 5.16 Å². The van der Waals surface area contributed by atoms with Crippen LogP contribution in [-0.4, -0.2) is 47.9 Å². The molecule has 1 aromatic heterocycles. The second kappa shape index (κ2) is 12.2. The molecule has 2 aliphatic rings. The molecule has 0 spiro atoms. The predicted octanol–water partition coefficient (Wildman–Crippen LogP) is 5.01. The quantitative estimate of drug-likeness (QED) is 0.395. The minimum Gasteiger partial charge on any atom is -0.423 e. The number of aromatic nitrogens is 1. The van der Waals surface area contributed by atoms with E-state index in [2.05, 4.69) is 14.8 Å². The lowest BCUT2D eigenvalue weighted by molar-refractivity contribution is -0.274. The molecule has 0 amide bonds. The number of ether oxygens (including phenoxy) is 2. The van der Waals surface area contributed by atoms with Gasteiger partial charge in [0, 0.05) is 35.8 Å². The lowest BCUT2D eigenvalue weighted by Gasteiger charge is -2.33. The summed E-state index contributed by atoms with van der Waals surface area (Å²) in [5.41, 5.74) is 2.65. The molecule has 7 nitrogen and oxygen atoms in total. The van der Waals surface area contributed by atoms with Crippen LogP contribution in [0.4, 0.5) is 18.9 Å². The molecule has 2 fully saturated rings. The standard InChI is InChI=1S/C25H26BF3N2O5.C2H6/c27-25(28,29)35-22-4-2-1-3-20(22)23-21(24(36-30-23)16-5-6-16)15-34-19-11-13-31(14-12-19)18-9-7-17(8-10-18)26(32)33;1-2/h1-4,7-10,16,19,32-33H,5-6,11-15H2;1-2H3. The van der Waals surface area contributed by atoms with E-state index in [-0.39, 0.29) is 29.9 Å². The van der Waals surface area contributed by atoms with Gasteiger partial charge in [-0.25, -0.2) is 0 Å². The SMILES string of the molecule is CC.OB(O)c1ccc(N2CCC(OCc3c(-c4ccccc4OC(F)(F)F)noc3C3CC3)CC2)cc1. The Kier molecular flexibility index (Phi) is 9.01. The number of hydrogen-bond acceptors (Lipinski definition) is 7. The van der Waals surface area contributed by atoms with Gasteiger partial charge >= 0.3 is 13.5 Å². The summed E-state index contributed by atoms with van der Waals surface area (Å²) in [7, 11) is -1.49. The van der Waals surface area contributed by atoms with Crippen LogP contribution in [0, 0.1) is 0 Å². The summed E-state index contributed by atoms with van der Waals surface area (Å²) in [6, 6.07) is 13.0. The number of benzene rings is 2. The minimum atomic E-state index is -4.82. The van der Waals surface area contributed by atoms with Gasteiger partial charge in [-0.05, 0) is 55.4 Å². The van der Waals surface area contributed by atoms with Crippen LogP contribution >= 0.6 is 0 Å². The van der Waals surface area contributed by atoms with E-state index in [9.17, 15) is 23.2 Å². The molecule has 1 saturated heterocycles. The molecule has 0 bridgehead atoms. The molecule has 2 aromatic carbocycles. The van der Waals surface area contributed by atoms with E-state index in [0.717, 1.165) is 44.5 Å². The Morgan fingerprint density at radius 1 is 1.00 bits per heavy atom. The zero-order valence-corrected chi connectivity index (χ0v) is 21.4. The van der Waals surface area contributed by atoms with Crippen LogP contribution in [0.5, 0.6) is 5.75 Å². The van der Waals surface area contributed by atoms with Crippen LogP contribution < -0.4 is 15.1 Å². The molecular weight excluding hydrogens is 500 g/mol. The minimum absolute atomic E-state index is 0.0174. The van der Waals surface area contributed by atoms with Crippen molar-refractivity contribution >= 4 is 18.3 Å². The van der Waals surface area contributed by atoms with E-state index >= 15 is 0 Å². The molecule has 1 saturated carbocycles. The average Bonchev–Trinajstić information content (AvgIpc) is 3.67. The molecule has 5 rings (SSSR count). The maximum absolute atomic E-state index is 13.0. The second-order valence-corrected chi connectivity index (χ2v) is 9.15. The van der Waals surface area contributed by atoms with Crippen molar-refractivity contribution in [3.05, 3.63) is 59.9 Å². The van der Waals surface area contributed by atoms with Crippen LogP contribution in [0.2, 0.25) is 0 Å². The third-order valence-corrected chi connectivity index (χ3v) is 6.60. The highest BCUT2D eigenvalue weighted by atomic mass is 19.4. The molecule has 2 N–H and O–H groups in total. The van der Waals surface area contributed by atoms with Gasteiger partial charge in [0.05, 0.1) is 12.7 Å². The second-order valence-electron chi connectivity index (χ2n) is 9.15. The van der Waals surface area contributed by atoms with Gasteiger partial charge in [-0.2, -0.15) is 0 Å². The van der Waals surface area contributed by atoms with Gasteiger partial charge < -0.3 is 28.9 Å². The Balaban J connectivity index is 0.00000164. The van der Waals surface area contributed by atoms with Gasteiger partial charge in [0.25, 0.3) is 0 Å². The molecule has 1 aliphatic carbocycles. The van der Waals surface area contributed by atoms with Crippen molar-refractivity contribution in [3.8, 4) is 17.0 Å². The van der Waals surface area contributed by atoms with E-state index in [0.29, 0.717) is 22.5 Å². The first kappa shape index (κ1) is 28.0. The molecule has 0 radical (unpaired) electrons. The van der Waals surface area contributed by atoms with Gasteiger partial charge in [-0.15, -0.1) is 13.2 Å². The first-order chi connectivity index (χ1) is 18.3. The summed E-state index contributed by atoms with van der Waals surface area (Å²) in [6.07, 6.45) is -1.38. The van der Waals surface area contributed by atoms with Gasteiger partial charge in [-0.1, -0.05) is 43.3 Å². The summed E-state index contributed by atoms with van der Waals surface area (Å²) in [5, 5.41) is 22.7. The van der Waals surface area contributed by atoms with Crippen molar-refractivity contribution in [2.24, 2.45) is 0 Å². The van der Waals surface area contributed by atoms with Crippen molar-refractivity contribution in [3.63, 3.8) is 0 Å². The lowest BCUT2D eigenvalue weighted by Crippen LogP contribution is -2.37. The van der Waals surface area contributed by atoms with E-state index < -0.39 is 13.5 Å². The van der Waals surface area contributed by atoms with Crippen molar-refractivity contribution in [2.75, 3.05) is 18.0 Å². The van der Waals surface area contributed by atoms with Gasteiger partial charge in [0.1, 0.15) is 17.2 Å². The van der Waals surface area contributed by atoms with Crippen molar-refractivity contribution < 1.29 is 37.2 Å². The first-order valence-corrected chi connectivity index (χ1v) is 12.9. The lowest BCUT2D eigenvalue weighted by atomic mass is 9.80. The number of piperidine rings is 1.